The van der Waals surface area contributed by atoms with Gasteiger partial charge in [0.05, 0.1) is 52.9 Å². The van der Waals surface area contributed by atoms with Crippen LogP contribution in [0.15, 0.2) is 0 Å². The Kier molecular flexibility index (Phi) is 23.2. The second-order valence-electron chi connectivity index (χ2n) is 4.54. The van der Waals surface area contributed by atoms with Crippen molar-refractivity contribution in [1.29, 1.82) is 0 Å². The summed E-state index contributed by atoms with van der Waals surface area (Å²) in [5, 5.41) is 24.9. The molecule has 6 nitrogen and oxygen atoms in total. The number of hydrogen-bond acceptors (Lipinski definition) is 6. The number of rotatable bonds is 13. The van der Waals surface area contributed by atoms with Crippen LogP contribution >= 0.6 is 0 Å². The zero-order chi connectivity index (χ0) is 15.5. The second kappa shape index (κ2) is 21.1. The zero-order valence-corrected chi connectivity index (χ0v) is 12.9. The molecule has 0 aliphatic rings. The SMILES string of the molecule is CC(C)CCCOCCO.OCCOCCOCCO. The molecule has 3 N–H and O–H groups in total. The highest BCUT2D eigenvalue weighted by Gasteiger charge is 1.92. The Morgan fingerprint density at radius 1 is 0.650 bits per heavy atom. The molecule has 0 bridgehead atoms. The quantitative estimate of drug-likeness (QED) is 0.427. The molecule has 0 aromatic rings. The lowest BCUT2D eigenvalue weighted by molar-refractivity contribution is 0.0222. The first-order valence-corrected chi connectivity index (χ1v) is 7.24. The molecule has 0 saturated carbocycles. The number of aliphatic hydroxyl groups excluding tert-OH is 3. The summed E-state index contributed by atoms with van der Waals surface area (Å²) >= 11 is 0. The van der Waals surface area contributed by atoms with Crippen molar-refractivity contribution in [3.05, 3.63) is 0 Å². The van der Waals surface area contributed by atoms with E-state index >= 15 is 0 Å². The molecule has 0 aromatic heterocycles. The van der Waals surface area contributed by atoms with Gasteiger partial charge in [0.1, 0.15) is 0 Å². The minimum atomic E-state index is 0.0417. The van der Waals surface area contributed by atoms with Gasteiger partial charge >= 0.3 is 0 Å². The van der Waals surface area contributed by atoms with Crippen molar-refractivity contribution in [2.45, 2.75) is 26.7 Å². The molecule has 0 spiro atoms. The van der Waals surface area contributed by atoms with Gasteiger partial charge in [-0.1, -0.05) is 13.8 Å². The van der Waals surface area contributed by atoms with Crippen molar-refractivity contribution in [3.63, 3.8) is 0 Å². The van der Waals surface area contributed by atoms with Gasteiger partial charge in [0.25, 0.3) is 0 Å². The van der Waals surface area contributed by atoms with Crippen molar-refractivity contribution < 1.29 is 29.5 Å². The van der Waals surface area contributed by atoms with Gasteiger partial charge < -0.3 is 29.5 Å². The largest absolute Gasteiger partial charge is 0.394 e. The lowest BCUT2D eigenvalue weighted by Crippen LogP contribution is -2.09. The van der Waals surface area contributed by atoms with Gasteiger partial charge in [-0.05, 0) is 18.8 Å². The molecule has 0 aliphatic heterocycles. The molecule has 0 aromatic carbocycles. The highest BCUT2D eigenvalue weighted by molar-refractivity contribution is 4.44. The monoisotopic (exact) mass is 296 g/mol. The van der Waals surface area contributed by atoms with Gasteiger partial charge in [0.15, 0.2) is 0 Å². The molecule has 6 heteroatoms. The summed E-state index contributed by atoms with van der Waals surface area (Å²) in [7, 11) is 0. The van der Waals surface area contributed by atoms with Gasteiger partial charge in [-0.2, -0.15) is 0 Å². The first kappa shape index (κ1) is 22.0. The summed E-state index contributed by atoms with van der Waals surface area (Å²) in [4.78, 5) is 0. The third kappa shape index (κ3) is 26.3. The van der Waals surface area contributed by atoms with Crippen LogP contribution in [0.5, 0.6) is 0 Å². The van der Waals surface area contributed by atoms with Crippen molar-refractivity contribution in [2.24, 2.45) is 5.92 Å². The molecule has 0 heterocycles. The van der Waals surface area contributed by atoms with Gasteiger partial charge in [-0.3, -0.25) is 0 Å². The van der Waals surface area contributed by atoms with Crippen LogP contribution in [-0.2, 0) is 14.2 Å². The Hall–Kier alpha value is -0.240. The van der Waals surface area contributed by atoms with Crippen molar-refractivity contribution in [3.8, 4) is 0 Å². The number of hydrogen-bond donors (Lipinski definition) is 3. The Balaban J connectivity index is 0. The van der Waals surface area contributed by atoms with E-state index in [0.717, 1.165) is 18.9 Å². The summed E-state index contributed by atoms with van der Waals surface area (Å²) in [6, 6.07) is 0. The molecule has 20 heavy (non-hydrogen) atoms. The summed E-state index contributed by atoms with van der Waals surface area (Å²) in [5.74, 6) is 0.762. The predicted octanol–water partition coefficient (Wildman–Crippen LogP) is 0.436. The normalized spacial score (nSPS) is 10.5. The maximum Gasteiger partial charge on any atom is 0.0701 e. The maximum atomic E-state index is 8.35. The van der Waals surface area contributed by atoms with Gasteiger partial charge in [0, 0.05) is 6.61 Å². The van der Waals surface area contributed by atoms with Crippen LogP contribution in [0, 0.1) is 5.92 Å². The van der Waals surface area contributed by atoms with Gasteiger partial charge in [-0.15, -0.1) is 0 Å². The Morgan fingerprint density at radius 2 is 1.05 bits per heavy atom. The predicted molar refractivity (Wildman–Crippen MR) is 77.8 cm³/mol. The topological polar surface area (TPSA) is 88.4 Å². The molecule has 0 atom stereocenters. The fraction of sp³-hybridized carbons (Fsp3) is 1.00. The molecule has 0 fully saturated rings. The average molecular weight is 296 g/mol. The van der Waals surface area contributed by atoms with Crippen molar-refractivity contribution in [1.82, 2.24) is 0 Å². The van der Waals surface area contributed by atoms with E-state index in [2.05, 4.69) is 13.8 Å². The van der Waals surface area contributed by atoms with E-state index in [1.54, 1.807) is 0 Å². The maximum absolute atomic E-state index is 8.35. The third-order valence-electron chi connectivity index (χ3n) is 2.15. The smallest absolute Gasteiger partial charge is 0.0701 e. The van der Waals surface area contributed by atoms with E-state index in [1.165, 1.54) is 6.42 Å². The summed E-state index contributed by atoms with van der Waals surface area (Å²) in [5.41, 5.74) is 0. The Morgan fingerprint density at radius 3 is 1.40 bits per heavy atom. The van der Waals surface area contributed by atoms with E-state index < -0.39 is 0 Å². The molecule has 0 amide bonds. The minimum absolute atomic E-state index is 0.0417. The van der Waals surface area contributed by atoms with Crippen LogP contribution < -0.4 is 0 Å². The van der Waals surface area contributed by atoms with Crippen LogP contribution in [0.25, 0.3) is 0 Å². The van der Waals surface area contributed by atoms with Crippen molar-refractivity contribution >= 4 is 0 Å². The second-order valence-corrected chi connectivity index (χ2v) is 4.54. The molecular weight excluding hydrogens is 264 g/mol. The number of aliphatic hydroxyl groups is 3. The van der Waals surface area contributed by atoms with Crippen LogP contribution in [0.4, 0.5) is 0 Å². The highest BCUT2D eigenvalue weighted by Crippen LogP contribution is 2.02. The van der Waals surface area contributed by atoms with E-state index in [4.69, 9.17) is 29.5 Å². The third-order valence-corrected chi connectivity index (χ3v) is 2.15. The van der Waals surface area contributed by atoms with Gasteiger partial charge in [-0.25, -0.2) is 0 Å². The Labute approximate surface area is 122 Å². The standard InChI is InChI=1S/C8H18O2.C6H14O4/c1-8(2)4-3-6-10-7-5-9;7-1-3-9-5-6-10-4-2-8/h8-9H,3-7H2,1-2H3;7-8H,1-6H2. The molecule has 0 radical (unpaired) electrons. The molecule has 0 saturated heterocycles. The van der Waals surface area contributed by atoms with Crippen molar-refractivity contribution in [2.75, 3.05) is 59.5 Å². The highest BCUT2D eigenvalue weighted by atomic mass is 16.5. The van der Waals surface area contributed by atoms with Crippen LogP contribution in [-0.4, -0.2) is 74.8 Å². The lowest BCUT2D eigenvalue weighted by Gasteiger charge is -2.03. The minimum Gasteiger partial charge on any atom is -0.394 e. The molecule has 0 rings (SSSR count). The molecule has 0 aliphatic carbocycles. The van der Waals surface area contributed by atoms with E-state index in [-0.39, 0.29) is 19.8 Å². The summed E-state index contributed by atoms with van der Waals surface area (Å²) in [6.45, 7) is 7.54. The molecular formula is C14H32O6. The lowest BCUT2D eigenvalue weighted by atomic mass is 10.1. The van der Waals surface area contributed by atoms with E-state index in [0.29, 0.717) is 33.0 Å². The Bertz CT molecular complexity index is 147. The van der Waals surface area contributed by atoms with Crippen LogP contribution in [0.3, 0.4) is 0 Å². The van der Waals surface area contributed by atoms with Crippen LogP contribution in [0.1, 0.15) is 26.7 Å². The van der Waals surface area contributed by atoms with Gasteiger partial charge in [0.2, 0.25) is 0 Å². The molecule has 0 unspecified atom stereocenters. The fourth-order valence-electron chi connectivity index (χ4n) is 1.21. The molecule has 124 valence electrons. The first-order valence-electron chi connectivity index (χ1n) is 7.24. The zero-order valence-electron chi connectivity index (χ0n) is 12.9. The average Bonchev–Trinajstić information content (AvgIpc) is 2.43. The first-order chi connectivity index (χ1) is 9.68. The number of ether oxygens (including phenoxy) is 3. The summed E-state index contributed by atoms with van der Waals surface area (Å²) in [6.07, 6.45) is 2.32. The van der Waals surface area contributed by atoms with E-state index in [1.807, 2.05) is 0 Å². The van der Waals surface area contributed by atoms with E-state index in [9.17, 15) is 0 Å². The fourth-order valence-corrected chi connectivity index (χ4v) is 1.21. The summed E-state index contributed by atoms with van der Waals surface area (Å²) < 4.78 is 14.8. The van der Waals surface area contributed by atoms with Crippen LogP contribution in [0.2, 0.25) is 0 Å².